The van der Waals surface area contributed by atoms with Crippen molar-refractivity contribution in [3.63, 3.8) is 0 Å². The predicted octanol–water partition coefficient (Wildman–Crippen LogP) is 1.28. The number of rotatable bonds is 4. The Balaban J connectivity index is 2.07. The zero-order valence-corrected chi connectivity index (χ0v) is 7.62. The molecular formula is C10H14O3. The number of epoxide rings is 1. The highest BCUT2D eigenvalue weighted by molar-refractivity contribution is 5.78. The van der Waals surface area contributed by atoms with Crippen molar-refractivity contribution in [3.05, 3.63) is 12.7 Å². The molecule has 0 spiro atoms. The monoisotopic (exact) mass is 182 g/mol. The van der Waals surface area contributed by atoms with Crippen molar-refractivity contribution in [1.29, 1.82) is 0 Å². The topological polar surface area (TPSA) is 38.8 Å². The van der Waals surface area contributed by atoms with E-state index < -0.39 is 0 Å². The second-order valence-corrected chi connectivity index (χ2v) is 3.82. The quantitative estimate of drug-likeness (QED) is 0.373. The lowest BCUT2D eigenvalue weighted by molar-refractivity contribution is -0.146. The Bertz CT molecular complexity index is 232. The third-order valence-corrected chi connectivity index (χ3v) is 2.80. The van der Waals surface area contributed by atoms with Crippen LogP contribution >= 0.6 is 0 Å². The Morgan fingerprint density at radius 1 is 1.69 bits per heavy atom. The molecule has 0 saturated carbocycles. The molecule has 2 saturated heterocycles. The molecule has 2 unspecified atom stereocenters. The molecule has 72 valence electrons. The Kier molecular flexibility index (Phi) is 2.12. The van der Waals surface area contributed by atoms with Crippen LogP contribution in [0, 0.1) is 5.41 Å². The van der Waals surface area contributed by atoms with Gasteiger partial charge in [0.1, 0.15) is 0 Å². The highest BCUT2D eigenvalue weighted by atomic mass is 16.6. The molecule has 13 heavy (non-hydrogen) atoms. The van der Waals surface area contributed by atoms with Crippen molar-refractivity contribution in [2.75, 3.05) is 13.2 Å². The molecule has 2 rings (SSSR count). The van der Waals surface area contributed by atoms with Crippen molar-refractivity contribution >= 4 is 5.97 Å². The number of ether oxygens (including phenoxy) is 2. The predicted molar refractivity (Wildman–Crippen MR) is 47.2 cm³/mol. The van der Waals surface area contributed by atoms with Gasteiger partial charge in [0, 0.05) is 0 Å². The summed E-state index contributed by atoms with van der Waals surface area (Å²) in [5, 5.41) is 0. The molecule has 0 aromatic carbocycles. The largest absolute Gasteiger partial charge is 0.465 e. The average Bonchev–Trinajstić information content (AvgIpc) is 2.81. The number of hydrogen-bond donors (Lipinski definition) is 0. The number of esters is 1. The number of cyclic esters (lactones) is 1. The van der Waals surface area contributed by atoms with E-state index in [-0.39, 0.29) is 17.5 Å². The molecule has 3 nitrogen and oxygen atoms in total. The third-order valence-electron chi connectivity index (χ3n) is 2.80. The van der Waals surface area contributed by atoms with Crippen LogP contribution in [0.5, 0.6) is 0 Å². The van der Waals surface area contributed by atoms with E-state index in [1.165, 1.54) is 0 Å². The Morgan fingerprint density at radius 3 is 2.92 bits per heavy atom. The number of carbonyl (C=O) groups is 1. The van der Waals surface area contributed by atoms with Crippen LogP contribution in [0.3, 0.4) is 0 Å². The van der Waals surface area contributed by atoms with Gasteiger partial charge in [0.2, 0.25) is 0 Å². The fourth-order valence-electron chi connectivity index (χ4n) is 1.95. The van der Waals surface area contributed by atoms with Crippen LogP contribution in [0.15, 0.2) is 12.7 Å². The van der Waals surface area contributed by atoms with Gasteiger partial charge in [-0.3, -0.25) is 4.79 Å². The second-order valence-electron chi connectivity index (χ2n) is 3.82. The fourth-order valence-corrected chi connectivity index (χ4v) is 1.95. The van der Waals surface area contributed by atoms with Gasteiger partial charge in [0.05, 0.1) is 24.7 Å². The van der Waals surface area contributed by atoms with Crippen LogP contribution in [0.1, 0.15) is 19.3 Å². The number of carbonyl (C=O) groups excluding carboxylic acids is 1. The van der Waals surface area contributed by atoms with E-state index in [1.807, 2.05) is 0 Å². The minimum Gasteiger partial charge on any atom is -0.465 e. The van der Waals surface area contributed by atoms with Gasteiger partial charge in [-0.25, -0.2) is 0 Å². The van der Waals surface area contributed by atoms with Gasteiger partial charge in [-0.05, 0) is 19.3 Å². The summed E-state index contributed by atoms with van der Waals surface area (Å²) in [4.78, 5) is 11.5. The lowest BCUT2D eigenvalue weighted by Gasteiger charge is -2.21. The molecule has 0 radical (unpaired) electrons. The Morgan fingerprint density at radius 2 is 2.46 bits per heavy atom. The van der Waals surface area contributed by atoms with Crippen LogP contribution in [0.4, 0.5) is 0 Å². The molecule has 2 atom stereocenters. The van der Waals surface area contributed by atoms with Crippen LogP contribution in [0.25, 0.3) is 0 Å². The molecule has 3 heteroatoms. The smallest absolute Gasteiger partial charge is 0.312 e. The standard InChI is InChI=1S/C10H14O3/c1-2-3-10(6-8-7-13-8)4-5-12-9(10)11/h2,8H,1,3-7H2. The minimum absolute atomic E-state index is 0.0668. The summed E-state index contributed by atoms with van der Waals surface area (Å²) in [7, 11) is 0. The van der Waals surface area contributed by atoms with Gasteiger partial charge >= 0.3 is 5.97 Å². The van der Waals surface area contributed by atoms with Crippen LogP contribution < -0.4 is 0 Å². The zero-order chi connectivity index (χ0) is 9.31. The molecule has 2 aliphatic heterocycles. The molecule has 0 N–H and O–H groups in total. The maximum Gasteiger partial charge on any atom is 0.312 e. The van der Waals surface area contributed by atoms with Gasteiger partial charge in [-0.15, -0.1) is 6.58 Å². The van der Waals surface area contributed by atoms with Crippen LogP contribution in [-0.2, 0) is 14.3 Å². The molecule has 0 aromatic rings. The van der Waals surface area contributed by atoms with Gasteiger partial charge in [-0.2, -0.15) is 0 Å². The van der Waals surface area contributed by atoms with Crippen molar-refractivity contribution in [3.8, 4) is 0 Å². The van der Waals surface area contributed by atoms with E-state index in [4.69, 9.17) is 9.47 Å². The highest BCUT2D eigenvalue weighted by Crippen LogP contribution is 2.41. The lowest BCUT2D eigenvalue weighted by Crippen LogP contribution is -2.27. The van der Waals surface area contributed by atoms with E-state index in [9.17, 15) is 4.79 Å². The van der Waals surface area contributed by atoms with E-state index in [0.717, 1.165) is 19.4 Å². The summed E-state index contributed by atoms with van der Waals surface area (Å²) in [5.41, 5.74) is -0.317. The first kappa shape index (κ1) is 8.75. The highest BCUT2D eigenvalue weighted by Gasteiger charge is 2.47. The van der Waals surface area contributed by atoms with Crippen LogP contribution in [0.2, 0.25) is 0 Å². The summed E-state index contributed by atoms with van der Waals surface area (Å²) in [6, 6.07) is 0. The maximum atomic E-state index is 11.5. The Hall–Kier alpha value is -0.830. The van der Waals surface area contributed by atoms with Crippen LogP contribution in [-0.4, -0.2) is 25.3 Å². The molecular weight excluding hydrogens is 168 g/mol. The van der Waals surface area contributed by atoms with Crippen molar-refractivity contribution in [1.82, 2.24) is 0 Å². The van der Waals surface area contributed by atoms with E-state index in [0.29, 0.717) is 13.0 Å². The van der Waals surface area contributed by atoms with E-state index in [2.05, 4.69) is 6.58 Å². The first-order valence-electron chi connectivity index (χ1n) is 4.66. The zero-order valence-electron chi connectivity index (χ0n) is 7.62. The van der Waals surface area contributed by atoms with Gasteiger partial charge in [-0.1, -0.05) is 6.08 Å². The van der Waals surface area contributed by atoms with E-state index in [1.54, 1.807) is 6.08 Å². The summed E-state index contributed by atoms with van der Waals surface area (Å²) < 4.78 is 10.2. The Labute approximate surface area is 77.7 Å². The van der Waals surface area contributed by atoms with Gasteiger partial charge < -0.3 is 9.47 Å². The number of allylic oxidation sites excluding steroid dienone is 1. The molecule has 2 heterocycles. The average molecular weight is 182 g/mol. The summed E-state index contributed by atoms with van der Waals surface area (Å²) in [6.45, 7) is 5.04. The summed E-state index contributed by atoms with van der Waals surface area (Å²) >= 11 is 0. The maximum absolute atomic E-state index is 11.5. The minimum atomic E-state index is -0.317. The second kappa shape index (κ2) is 3.14. The van der Waals surface area contributed by atoms with E-state index >= 15 is 0 Å². The molecule has 0 aromatic heterocycles. The normalized spacial score (nSPS) is 37.2. The fraction of sp³-hybridized carbons (Fsp3) is 0.700. The third kappa shape index (κ3) is 1.61. The molecule has 0 amide bonds. The van der Waals surface area contributed by atoms with Crippen molar-refractivity contribution in [2.24, 2.45) is 5.41 Å². The van der Waals surface area contributed by atoms with Gasteiger partial charge in [0.15, 0.2) is 0 Å². The molecule has 0 aliphatic carbocycles. The first-order chi connectivity index (χ1) is 6.27. The molecule has 0 bridgehead atoms. The SMILES string of the molecule is C=CCC1(CC2CO2)CCOC1=O. The summed E-state index contributed by atoms with van der Waals surface area (Å²) in [5.74, 6) is -0.0668. The molecule has 2 fully saturated rings. The van der Waals surface area contributed by atoms with Crippen molar-refractivity contribution < 1.29 is 14.3 Å². The molecule has 2 aliphatic rings. The number of hydrogen-bond acceptors (Lipinski definition) is 3. The first-order valence-corrected chi connectivity index (χ1v) is 4.66. The summed E-state index contributed by atoms with van der Waals surface area (Å²) in [6.07, 6.45) is 4.42. The van der Waals surface area contributed by atoms with Crippen molar-refractivity contribution in [2.45, 2.75) is 25.4 Å². The van der Waals surface area contributed by atoms with Gasteiger partial charge in [0.25, 0.3) is 0 Å². The lowest BCUT2D eigenvalue weighted by atomic mass is 9.79.